The average molecular weight is 255 g/mol. The molecule has 3 N–H and O–H groups in total. The summed E-state index contributed by atoms with van der Waals surface area (Å²) in [7, 11) is 0. The van der Waals surface area contributed by atoms with Crippen LogP contribution in [0, 0.1) is 0 Å². The van der Waals surface area contributed by atoms with Gasteiger partial charge in [0.2, 0.25) is 0 Å². The molecule has 7 heteroatoms. The maximum Gasteiger partial charge on any atom is 0.416 e. The molecule has 0 aliphatic carbocycles. The van der Waals surface area contributed by atoms with Crippen molar-refractivity contribution in [2.45, 2.75) is 6.18 Å². The van der Waals surface area contributed by atoms with E-state index in [1.807, 2.05) is 0 Å². The first kappa shape index (κ1) is 12.2. The molecule has 0 spiro atoms. The van der Waals surface area contributed by atoms with Crippen molar-refractivity contribution in [2.75, 3.05) is 0 Å². The molecule has 0 fully saturated rings. The summed E-state index contributed by atoms with van der Waals surface area (Å²) in [6.45, 7) is 0. The molecule has 0 unspecified atom stereocenters. The molecule has 94 valence electrons. The number of nitrogens with two attached hydrogens (primary N) is 1. The molecule has 2 rings (SSSR count). The number of alkyl halides is 3. The summed E-state index contributed by atoms with van der Waals surface area (Å²) in [5, 5.41) is 0. The number of carbonyl (C=O) groups is 1. The normalized spacial score (nSPS) is 11.5. The van der Waals surface area contributed by atoms with Crippen molar-refractivity contribution in [1.29, 1.82) is 0 Å². The summed E-state index contributed by atoms with van der Waals surface area (Å²) in [5.74, 6) is -0.391. The van der Waals surface area contributed by atoms with Gasteiger partial charge in [-0.05, 0) is 12.1 Å². The smallest absolute Gasteiger partial charge is 0.364 e. The second-order valence-corrected chi connectivity index (χ2v) is 3.58. The van der Waals surface area contributed by atoms with Gasteiger partial charge in [-0.25, -0.2) is 4.98 Å². The fourth-order valence-corrected chi connectivity index (χ4v) is 1.41. The van der Waals surface area contributed by atoms with E-state index in [1.54, 1.807) is 0 Å². The third-order valence-electron chi connectivity index (χ3n) is 2.33. The van der Waals surface area contributed by atoms with Crippen LogP contribution in [0.25, 0.3) is 11.4 Å². The molecule has 1 amide bonds. The lowest BCUT2D eigenvalue weighted by molar-refractivity contribution is -0.137. The Balaban J connectivity index is 2.31. The van der Waals surface area contributed by atoms with E-state index in [9.17, 15) is 18.0 Å². The van der Waals surface area contributed by atoms with E-state index >= 15 is 0 Å². The van der Waals surface area contributed by atoms with Gasteiger partial charge in [0.25, 0.3) is 5.91 Å². The Labute approximate surface area is 99.6 Å². The van der Waals surface area contributed by atoms with Crippen LogP contribution in [0.3, 0.4) is 0 Å². The molecular formula is C11H8F3N3O. The minimum Gasteiger partial charge on any atom is -0.364 e. The molecule has 18 heavy (non-hydrogen) atoms. The lowest BCUT2D eigenvalue weighted by Gasteiger charge is -2.06. The second-order valence-electron chi connectivity index (χ2n) is 3.58. The number of imidazole rings is 1. The molecule has 0 aliphatic rings. The molecule has 0 radical (unpaired) electrons. The van der Waals surface area contributed by atoms with Gasteiger partial charge in [0.15, 0.2) is 0 Å². The topological polar surface area (TPSA) is 71.8 Å². The van der Waals surface area contributed by atoms with Crippen LogP contribution >= 0.6 is 0 Å². The largest absolute Gasteiger partial charge is 0.416 e. The number of halogens is 3. The molecule has 4 nitrogen and oxygen atoms in total. The molecule has 0 bridgehead atoms. The number of aromatic amines is 1. The fourth-order valence-electron chi connectivity index (χ4n) is 1.41. The van der Waals surface area contributed by atoms with Crippen molar-refractivity contribution in [3.05, 3.63) is 41.7 Å². The highest BCUT2D eigenvalue weighted by Gasteiger charge is 2.30. The van der Waals surface area contributed by atoms with Crippen molar-refractivity contribution in [1.82, 2.24) is 9.97 Å². The lowest BCUT2D eigenvalue weighted by atomic mass is 10.1. The monoisotopic (exact) mass is 255 g/mol. The van der Waals surface area contributed by atoms with Gasteiger partial charge < -0.3 is 10.7 Å². The average Bonchev–Trinajstić information content (AvgIpc) is 2.77. The van der Waals surface area contributed by atoms with Gasteiger partial charge in [0.1, 0.15) is 11.5 Å². The van der Waals surface area contributed by atoms with E-state index in [0.717, 1.165) is 12.1 Å². The van der Waals surface area contributed by atoms with Crippen LogP contribution in [0.4, 0.5) is 13.2 Å². The molecule has 1 aromatic heterocycles. The van der Waals surface area contributed by atoms with Crippen molar-refractivity contribution < 1.29 is 18.0 Å². The quantitative estimate of drug-likeness (QED) is 0.863. The van der Waals surface area contributed by atoms with E-state index in [1.165, 1.54) is 18.3 Å². The Morgan fingerprint density at radius 2 is 1.83 bits per heavy atom. The fraction of sp³-hybridized carbons (Fsp3) is 0.0909. The second kappa shape index (κ2) is 4.17. The summed E-state index contributed by atoms with van der Waals surface area (Å²) in [5.41, 5.74) is 4.83. The van der Waals surface area contributed by atoms with E-state index in [4.69, 9.17) is 5.73 Å². The number of nitrogens with one attached hydrogen (secondary N) is 1. The SMILES string of the molecule is NC(=O)c1cnc(-c2ccc(C(F)(F)F)cc2)[nH]1. The standard InChI is InChI=1S/C11H8F3N3O/c12-11(13,14)7-3-1-6(2-4-7)10-16-5-8(17-10)9(15)18/h1-5H,(H2,15,18)(H,16,17). The van der Waals surface area contributed by atoms with Crippen LogP contribution in [-0.4, -0.2) is 15.9 Å². The number of H-pyrrole nitrogens is 1. The highest BCUT2D eigenvalue weighted by atomic mass is 19.4. The van der Waals surface area contributed by atoms with E-state index in [0.29, 0.717) is 5.56 Å². The van der Waals surface area contributed by atoms with Crippen LogP contribution in [0.15, 0.2) is 30.5 Å². The summed E-state index contributed by atoms with van der Waals surface area (Å²) < 4.78 is 37.0. The van der Waals surface area contributed by atoms with E-state index in [-0.39, 0.29) is 11.5 Å². The molecule has 1 heterocycles. The first-order valence-electron chi connectivity index (χ1n) is 4.90. The summed E-state index contributed by atoms with van der Waals surface area (Å²) >= 11 is 0. The number of carbonyl (C=O) groups excluding carboxylic acids is 1. The molecule has 0 atom stereocenters. The first-order chi connectivity index (χ1) is 8.38. The zero-order valence-electron chi connectivity index (χ0n) is 8.95. The van der Waals surface area contributed by atoms with Gasteiger partial charge >= 0.3 is 6.18 Å². The number of benzene rings is 1. The number of nitrogens with zero attached hydrogens (tertiary/aromatic N) is 1. The Hall–Kier alpha value is -2.31. The van der Waals surface area contributed by atoms with E-state index < -0.39 is 17.6 Å². The highest BCUT2D eigenvalue weighted by molar-refractivity contribution is 5.91. The maximum atomic E-state index is 12.3. The minimum atomic E-state index is -4.37. The molecule has 0 aliphatic heterocycles. The molecule has 1 aromatic carbocycles. The molecule has 0 saturated heterocycles. The Morgan fingerprint density at radius 1 is 1.22 bits per heavy atom. The molecule has 0 saturated carbocycles. The third-order valence-corrected chi connectivity index (χ3v) is 2.33. The predicted molar refractivity (Wildman–Crippen MR) is 57.5 cm³/mol. The Morgan fingerprint density at radius 3 is 2.28 bits per heavy atom. The number of primary amides is 1. The lowest BCUT2D eigenvalue weighted by Crippen LogP contribution is -2.11. The van der Waals surface area contributed by atoms with Crippen molar-refractivity contribution in [2.24, 2.45) is 5.73 Å². The Bertz CT molecular complexity index is 572. The first-order valence-corrected chi connectivity index (χ1v) is 4.90. The van der Waals surface area contributed by atoms with Crippen molar-refractivity contribution in [3.63, 3.8) is 0 Å². The van der Waals surface area contributed by atoms with Gasteiger partial charge in [0, 0.05) is 5.56 Å². The van der Waals surface area contributed by atoms with Crippen LogP contribution < -0.4 is 5.73 Å². The zero-order chi connectivity index (χ0) is 13.3. The van der Waals surface area contributed by atoms with Gasteiger partial charge in [-0.3, -0.25) is 4.79 Å². The van der Waals surface area contributed by atoms with Crippen molar-refractivity contribution in [3.8, 4) is 11.4 Å². The predicted octanol–water partition coefficient (Wildman–Crippen LogP) is 2.19. The highest BCUT2D eigenvalue weighted by Crippen LogP contribution is 2.30. The summed E-state index contributed by atoms with van der Waals surface area (Å²) in [6.07, 6.45) is -3.14. The van der Waals surface area contributed by atoms with Crippen LogP contribution in [0.5, 0.6) is 0 Å². The van der Waals surface area contributed by atoms with Crippen LogP contribution in [-0.2, 0) is 6.18 Å². The summed E-state index contributed by atoms with van der Waals surface area (Å²) in [6, 6.07) is 4.43. The van der Waals surface area contributed by atoms with Gasteiger partial charge in [-0.15, -0.1) is 0 Å². The van der Waals surface area contributed by atoms with Crippen LogP contribution in [0.1, 0.15) is 16.1 Å². The molecular weight excluding hydrogens is 247 g/mol. The van der Waals surface area contributed by atoms with E-state index in [2.05, 4.69) is 9.97 Å². The Kier molecular flexibility index (Phi) is 2.82. The van der Waals surface area contributed by atoms with Crippen molar-refractivity contribution >= 4 is 5.91 Å². The van der Waals surface area contributed by atoms with Crippen LogP contribution in [0.2, 0.25) is 0 Å². The number of hydrogen-bond acceptors (Lipinski definition) is 2. The molecule has 2 aromatic rings. The number of hydrogen-bond donors (Lipinski definition) is 2. The van der Waals surface area contributed by atoms with Gasteiger partial charge in [0.05, 0.1) is 11.8 Å². The maximum absolute atomic E-state index is 12.3. The van der Waals surface area contributed by atoms with Gasteiger partial charge in [-0.2, -0.15) is 13.2 Å². The minimum absolute atomic E-state index is 0.102. The number of amides is 1. The van der Waals surface area contributed by atoms with Gasteiger partial charge in [-0.1, -0.05) is 12.1 Å². The number of aromatic nitrogens is 2. The zero-order valence-corrected chi connectivity index (χ0v) is 8.95. The summed E-state index contributed by atoms with van der Waals surface area (Å²) in [4.78, 5) is 17.3. The third kappa shape index (κ3) is 2.34. The number of rotatable bonds is 2.